The molecule has 7 nitrogen and oxygen atoms in total. The van der Waals surface area contributed by atoms with Crippen LogP contribution in [0.3, 0.4) is 0 Å². The lowest BCUT2D eigenvalue weighted by molar-refractivity contribution is -0.114. The largest absolute Gasteiger partial charge is 0.491 e. The maximum atomic E-state index is 12.2. The number of amides is 2. The number of nitrogens with one attached hydrogen (secondary N) is 3. The summed E-state index contributed by atoms with van der Waals surface area (Å²) in [6.07, 6.45) is 0. The average molecular weight is 371 g/mol. The number of ether oxygens (including phenoxy) is 2. The molecule has 0 radical (unpaired) electrons. The van der Waals surface area contributed by atoms with E-state index < -0.39 is 0 Å². The lowest BCUT2D eigenvalue weighted by Crippen LogP contribution is -2.24. The Labute approximate surface area is 159 Å². The Bertz CT molecular complexity index is 764. The van der Waals surface area contributed by atoms with E-state index in [1.165, 1.54) is 0 Å². The Balaban J connectivity index is 1.87. The number of anilines is 2. The van der Waals surface area contributed by atoms with E-state index >= 15 is 0 Å². The van der Waals surface area contributed by atoms with E-state index in [9.17, 15) is 9.59 Å². The van der Waals surface area contributed by atoms with Crippen LogP contribution in [0, 0.1) is 0 Å². The van der Waals surface area contributed by atoms with Crippen LogP contribution in [0.15, 0.2) is 48.5 Å². The van der Waals surface area contributed by atoms with Gasteiger partial charge in [0.05, 0.1) is 13.2 Å². The third-order valence-electron chi connectivity index (χ3n) is 3.59. The Morgan fingerprint density at radius 1 is 1.00 bits per heavy atom. The molecular formula is C20H25N3O4. The zero-order valence-electron chi connectivity index (χ0n) is 15.6. The molecular weight excluding hydrogens is 346 g/mol. The molecule has 0 aliphatic carbocycles. The van der Waals surface area contributed by atoms with Gasteiger partial charge in [0.1, 0.15) is 12.4 Å². The molecule has 2 amide bonds. The van der Waals surface area contributed by atoms with Gasteiger partial charge in [0.25, 0.3) is 5.91 Å². The number of carbonyl (C=O) groups is 2. The summed E-state index contributed by atoms with van der Waals surface area (Å²) in [4.78, 5) is 24.0. The van der Waals surface area contributed by atoms with Crippen LogP contribution in [0.5, 0.6) is 5.75 Å². The number of carbonyl (C=O) groups excluding carboxylic acids is 2. The van der Waals surface area contributed by atoms with Crippen LogP contribution in [0.2, 0.25) is 0 Å². The van der Waals surface area contributed by atoms with Crippen LogP contribution in [-0.4, -0.2) is 45.2 Å². The fourth-order valence-corrected chi connectivity index (χ4v) is 2.33. The molecule has 2 aromatic rings. The second-order valence-electron chi connectivity index (χ2n) is 5.71. The van der Waals surface area contributed by atoms with Crippen molar-refractivity contribution >= 4 is 23.2 Å². The van der Waals surface area contributed by atoms with E-state index in [0.717, 1.165) is 5.69 Å². The van der Waals surface area contributed by atoms with Crippen LogP contribution in [0.4, 0.5) is 11.4 Å². The molecule has 3 N–H and O–H groups in total. The quantitative estimate of drug-likeness (QED) is 0.559. The highest BCUT2D eigenvalue weighted by Crippen LogP contribution is 2.17. The van der Waals surface area contributed by atoms with Crippen molar-refractivity contribution in [3.63, 3.8) is 0 Å². The second-order valence-corrected chi connectivity index (χ2v) is 5.71. The van der Waals surface area contributed by atoms with Crippen LogP contribution in [0.25, 0.3) is 0 Å². The third-order valence-corrected chi connectivity index (χ3v) is 3.59. The molecule has 0 aromatic heterocycles. The molecule has 0 fully saturated rings. The summed E-state index contributed by atoms with van der Waals surface area (Å²) in [6, 6.07) is 14.2. The van der Waals surface area contributed by atoms with Gasteiger partial charge in [0.2, 0.25) is 5.91 Å². The molecule has 0 aliphatic heterocycles. The standard InChI is InChI=1S/C20H25N3O4/c1-3-21-20(25)15-6-4-8-17(12-15)23-19(24)14-22-16-7-5-9-18(13-16)27-11-10-26-2/h4-9,12-13,22H,3,10-11,14H2,1-2H3,(H,21,25)(H,23,24). The number of rotatable bonds is 10. The number of hydrogen-bond acceptors (Lipinski definition) is 5. The Hall–Kier alpha value is -3.06. The first-order valence-electron chi connectivity index (χ1n) is 8.76. The van der Waals surface area contributed by atoms with Gasteiger partial charge >= 0.3 is 0 Å². The normalized spacial score (nSPS) is 10.1. The molecule has 0 saturated carbocycles. The Kier molecular flexibility index (Phi) is 8.12. The third kappa shape index (κ3) is 6.99. The minimum absolute atomic E-state index is 0.0902. The molecule has 2 aromatic carbocycles. The van der Waals surface area contributed by atoms with E-state index in [4.69, 9.17) is 9.47 Å². The molecule has 2 rings (SSSR count). The highest BCUT2D eigenvalue weighted by Gasteiger charge is 2.07. The molecule has 27 heavy (non-hydrogen) atoms. The van der Waals surface area contributed by atoms with Crippen molar-refractivity contribution in [2.75, 3.05) is 44.0 Å². The first kappa shape index (κ1) is 20.3. The molecule has 7 heteroatoms. The predicted molar refractivity (Wildman–Crippen MR) is 105 cm³/mol. The summed E-state index contributed by atoms with van der Waals surface area (Å²) in [6.45, 7) is 3.46. The average Bonchev–Trinajstić information content (AvgIpc) is 2.67. The smallest absolute Gasteiger partial charge is 0.251 e. The van der Waals surface area contributed by atoms with Gasteiger partial charge in [0, 0.05) is 36.7 Å². The summed E-state index contributed by atoms with van der Waals surface area (Å²) in [7, 11) is 1.62. The fraction of sp³-hybridized carbons (Fsp3) is 0.300. The van der Waals surface area contributed by atoms with Gasteiger partial charge in [-0.15, -0.1) is 0 Å². The number of hydrogen-bond donors (Lipinski definition) is 3. The molecule has 0 saturated heterocycles. The van der Waals surface area contributed by atoms with Crippen molar-refractivity contribution < 1.29 is 19.1 Å². The van der Waals surface area contributed by atoms with E-state index in [1.807, 2.05) is 31.2 Å². The monoisotopic (exact) mass is 371 g/mol. The second kappa shape index (κ2) is 10.8. The summed E-state index contributed by atoms with van der Waals surface area (Å²) in [5.41, 5.74) is 1.85. The van der Waals surface area contributed by atoms with Crippen molar-refractivity contribution in [1.29, 1.82) is 0 Å². The van der Waals surface area contributed by atoms with Crippen LogP contribution < -0.4 is 20.7 Å². The summed E-state index contributed by atoms with van der Waals surface area (Å²) < 4.78 is 10.5. The predicted octanol–water partition coefficient (Wildman–Crippen LogP) is 2.51. The van der Waals surface area contributed by atoms with E-state index in [1.54, 1.807) is 31.4 Å². The van der Waals surface area contributed by atoms with Gasteiger partial charge < -0.3 is 25.4 Å². The fourth-order valence-electron chi connectivity index (χ4n) is 2.33. The Morgan fingerprint density at radius 3 is 2.56 bits per heavy atom. The van der Waals surface area contributed by atoms with E-state index in [0.29, 0.717) is 36.8 Å². The topological polar surface area (TPSA) is 88.7 Å². The zero-order valence-corrected chi connectivity index (χ0v) is 15.6. The van der Waals surface area contributed by atoms with Crippen molar-refractivity contribution in [3.8, 4) is 5.75 Å². The first-order chi connectivity index (χ1) is 13.1. The minimum Gasteiger partial charge on any atom is -0.491 e. The van der Waals surface area contributed by atoms with Gasteiger partial charge in [-0.1, -0.05) is 12.1 Å². The Morgan fingerprint density at radius 2 is 1.78 bits per heavy atom. The minimum atomic E-state index is -0.214. The van der Waals surface area contributed by atoms with Crippen molar-refractivity contribution in [3.05, 3.63) is 54.1 Å². The summed E-state index contributed by atoms with van der Waals surface area (Å²) >= 11 is 0. The lowest BCUT2D eigenvalue weighted by atomic mass is 10.2. The van der Waals surface area contributed by atoms with Crippen molar-refractivity contribution in [2.24, 2.45) is 0 Å². The SMILES string of the molecule is CCNC(=O)c1cccc(NC(=O)CNc2cccc(OCCOC)c2)c1. The highest BCUT2D eigenvalue weighted by atomic mass is 16.5. The van der Waals surface area contributed by atoms with Crippen LogP contribution >= 0.6 is 0 Å². The maximum Gasteiger partial charge on any atom is 0.251 e. The zero-order chi connectivity index (χ0) is 19.5. The van der Waals surface area contributed by atoms with Gasteiger partial charge in [-0.2, -0.15) is 0 Å². The first-order valence-corrected chi connectivity index (χ1v) is 8.76. The van der Waals surface area contributed by atoms with Gasteiger partial charge in [-0.3, -0.25) is 9.59 Å². The molecule has 0 spiro atoms. The lowest BCUT2D eigenvalue weighted by Gasteiger charge is -2.11. The van der Waals surface area contributed by atoms with E-state index in [2.05, 4.69) is 16.0 Å². The summed E-state index contributed by atoms with van der Waals surface area (Å²) in [5.74, 6) is 0.317. The molecule has 144 valence electrons. The molecule has 0 unspecified atom stereocenters. The van der Waals surface area contributed by atoms with Crippen molar-refractivity contribution in [2.45, 2.75) is 6.92 Å². The van der Waals surface area contributed by atoms with Crippen molar-refractivity contribution in [1.82, 2.24) is 5.32 Å². The van der Waals surface area contributed by atoms with Crippen LogP contribution in [-0.2, 0) is 9.53 Å². The van der Waals surface area contributed by atoms with Gasteiger partial charge in [-0.25, -0.2) is 0 Å². The summed E-state index contributed by atoms with van der Waals surface area (Å²) in [5, 5.41) is 8.56. The van der Waals surface area contributed by atoms with E-state index in [-0.39, 0.29) is 18.4 Å². The molecule has 0 heterocycles. The highest BCUT2D eigenvalue weighted by molar-refractivity contribution is 5.98. The number of benzene rings is 2. The van der Waals surface area contributed by atoms with Gasteiger partial charge in [-0.05, 0) is 37.3 Å². The maximum absolute atomic E-state index is 12.2. The molecule has 0 aliphatic rings. The number of methoxy groups -OCH3 is 1. The van der Waals surface area contributed by atoms with Gasteiger partial charge in [0.15, 0.2) is 0 Å². The molecule has 0 bridgehead atoms. The molecule has 0 atom stereocenters. The van der Waals surface area contributed by atoms with Crippen LogP contribution in [0.1, 0.15) is 17.3 Å².